The standard InChI is InChI=1S/C25H26ClNO2S/c1-18(8-9-19-6-4-3-5-7-19)27-25(28)20-10-15-24(29-2)21(16-20)17-30-23-13-11-22(26)12-14-23/h3-7,10-16,18H,8-9,17H2,1-2H3,(H,27,28). The number of amides is 1. The summed E-state index contributed by atoms with van der Waals surface area (Å²) in [5.41, 5.74) is 2.92. The van der Waals surface area contributed by atoms with Gasteiger partial charge < -0.3 is 10.1 Å². The van der Waals surface area contributed by atoms with E-state index in [-0.39, 0.29) is 11.9 Å². The first-order valence-electron chi connectivity index (χ1n) is 9.95. The molecule has 5 heteroatoms. The third-order valence-electron chi connectivity index (χ3n) is 4.84. The molecule has 0 bridgehead atoms. The molecule has 1 amide bonds. The lowest BCUT2D eigenvalue weighted by Crippen LogP contribution is -2.32. The van der Waals surface area contributed by atoms with Gasteiger partial charge in [-0.05, 0) is 67.8 Å². The monoisotopic (exact) mass is 439 g/mol. The van der Waals surface area contributed by atoms with Crippen LogP contribution in [-0.4, -0.2) is 19.1 Å². The Morgan fingerprint density at radius 1 is 1.07 bits per heavy atom. The van der Waals surface area contributed by atoms with E-state index in [1.54, 1.807) is 18.9 Å². The van der Waals surface area contributed by atoms with Crippen LogP contribution in [0.1, 0.15) is 34.8 Å². The minimum absolute atomic E-state index is 0.0593. The van der Waals surface area contributed by atoms with Gasteiger partial charge in [-0.15, -0.1) is 11.8 Å². The molecule has 0 radical (unpaired) electrons. The number of methoxy groups -OCH3 is 1. The quantitative estimate of drug-likeness (QED) is 0.392. The summed E-state index contributed by atoms with van der Waals surface area (Å²) >= 11 is 7.64. The second-order valence-corrected chi connectivity index (χ2v) is 8.65. The van der Waals surface area contributed by atoms with Crippen LogP contribution in [0.25, 0.3) is 0 Å². The first kappa shape index (κ1) is 22.3. The fourth-order valence-corrected chi connectivity index (χ4v) is 4.13. The number of hydrogen-bond acceptors (Lipinski definition) is 3. The Balaban J connectivity index is 1.61. The number of halogens is 1. The van der Waals surface area contributed by atoms with Crippen molar-refractivity contribution in [2.24, 2.45) is 0 Å². The molecule has 0 saturated heterocycles. The van der Waals surface area contributed by atoms with E-state index in [4.69, 9.17) is 16.3 Å². The molecule has 156 valence electrons. The van der Waals surface area contributed by atoms with Gasteiger partial charge in [-0.3, -0.25) is 4.79 Å². The zero-order valence-electron chi connectivity index (χ0n) is 17.2. The number of thioether (sulfide) groups is 1. The van der Waals surface area contributed by atoms with Crippen LogP contribution in [0.5, 0.6) is 5.75 Å². The molecule has 0 aliphatic heterocycles. The first-order chi connectivity index (χ1) is 14.5. The van der Waals surface area contributed by atoms with E-state index in [9.17, 15) is 4.79 Å². The highest BCUT2D eigenvalue weighted by molar-refractivity contribution is 7.98. The van der Waals surface area contributed by atoms with Crippen LogP contribution in [0.15, 0.2) is 77.7 Å². The maximum atomic E-state index is 12.8. The van der Waals surface area contributed by atoms with Crippen LogP contribution in [-0.2, 0) is 12.2 Å². The lowest BCUT2D eigenvalue weighted by molar-refractivity contribution is 0.0938. The largest absolute Gasteiger partial charge is 0.496 e. The van der Waals surface area contributed by atoms with Gasteiger partial charge in [-0.1, -0.05) is 41.9 Å². The van der Waals surface area contributed by atoms with Crippen molar-refractivity contribution in [2.75, 3.05) is 7.11 Å². The van der Waals surface area contributed by atoms with E-state index in [0.29, 0.717) is 11.3 Å². The third kappa shape index (κ3) is 6.54. The summed E-state index contributed by atoms with van der Waals surface area (Å²) in [6, 6.07) is 23.7. The minimum atomic E-state index is -0.0593. The van der Waals surface area contributed by atoms with E-state index in [1.807, 2.05) is 67.6 Å². The fraction of sp³-hybridized carbons (Fsp3) is 0.240. The van der Waals surface area contributed by atoms with Crippen LogP contribution in [0.4, 0.5) is 0 Å². The molecule has 1 unspecified atom stereocenters. The lowest BCUT2D eigenvalue weighted by Gasteiger charge is -2.15. The molecule has 0 spiro atoms. The summed E-state index contributed by atoms with van der Waals surface area (Å²) in [6.07, 6.45) is 1.83. The van der Waals surface area contributed by atoms with Crippen molar-refractivity contribution in [1.29, 1.82) is 0 Å². The van der Waals surface area contributed by atoms with Crippen molar-refractivity contribution in [3.63, 3.8) is 0 Å². The van der Waals surface area contributed by atoms with Crippen LogP contribution in [0, 0.1) is 0 Å². The molecule has 3 nitrogen and oxygen atoms in total. The molecule has 30 heavy (non-hydrogen) atoms. The molecule has 3 aromatic carbocycles. The van der Waals surface area contributed by atoms with Crippen molar-refractivity contribution in [3.05, 3.63) is 94.5 Å². The number of carbonyl (C=O) groups excluding carboxylic acids is 1. The Hall–Kier alpha value is -2.43. The Morgan fingerprint density at radius 3 is 2.50 bits per heavy atom. The molecule has 1 N–H and O–H groups in total. The van der Waals surface area contributed by atoms with E-state index in [0.717, 1.165) is 34.1 Å². The Kier molecular flexibility index (Phi) is 8.23. The van der Waals surface area contributed by atoms with Gasteiger partial charge in [0.2, 0.25) is 0 Å². The van der Waals surface area contributed by atoms with Gasteiger partial charge in [0.15, 0.2) is 0 Å². The molecule has 3 aromatic rings. The number of aryl methyl sites for hydroxylation is 1. The van der Waals surface area contributed by atoms with Crippen LogP contribution in [0.3, 0.4) is 0 Å². The first-order valence-corrected chi connectivity index (χ1v) is 11.3. The lowest BCUT2D eigenvalue weighted by atomic mass is 10.1. The Morgan fingerprint density at radius 2 is 1.80 bits per heavy atom. The molecule has 1 atom stereocenters. The zero-order chi connectivity index (χ0) is 21.3. The van der Waals surface area contributed by atoms with Gasteiger partial charge in [0.05, 0.1) is 7.11 Å². The summed E-state index contributed by atoms with van der Waals surface area (Å²) < 4.78 is 5.49. The predicted octanol–water partition coefficient (Wildman–Crippen LogP) is 6.39. The third-order valence-corrected chi connectivity index (χ3v) is 6.15. The summed E-state index contributed by atoms with van der Waals surface area (Å²) in [6.45, 7) is 2.04. The average molecular weight is 440 g/mol. The molecule has 3 rings (SSSR count). The molecule has 0 aromatic heterocycles. The van der Waals surface area contributed by atoms with Gasteiger partial charge >= 0.3 is 0 Å². The van der Waals surface area contributed by atoms with Gasteiger partial charge in [0.25, 0.3) is 5.91 Å². The van der Waals surface area contributed by atoms with Crippen molar-refractivity contribution in [2.45, 2.75) is 36.5 Å². The minimum Gasteiger partial charge on any atom is -0.496 e. The number of hydrogen-bond donors (Lipinski definition) is 1. The normalized spacial score (nSPS) is 11.7. The van der Waals surface area contributed by atoms with Crippen molar-refractivity contribution >= 4 is 29.3 Å². The fourth-order valence-electron chi connectivity index (χ4n) is 3.13. The second kappa shape index (κ2) is 11.1. The zero-order valence-corrected chi connectivity index (χ0v) is 18.8. The van der Waals surface area contributed by atoms with Crippen LogP contribution >= 0.6 is 23.4 Å². The van der Waals surface area contributed by atoms with Gasteiger partial charge in [0, 0.05) is 32.8 Å². The Bertz CT molecular complexity index is 961. The van der Waals surface area contributed by atoms with Gasteiger partial charge in [-0.2, -0.15) is 0 Å². The summed E-state index contributed by atoms with van der Waals surface area (Å²) in [7, 11) is 1.65. The molecule has 0 aliphatic carbocycles. The SMILES string of the molecule is COc1ccc(C(=O)NC(C)CCc2ccccc2)cc1CSc1ccc(Cl)cc1. The molecular formula is C25H26ClNO2S. The molecule has 0 saturated carbocycles. The summed E-state index contributed by atoms with van der Waals surface area (Å²) in [5.74, 6) is 1.43. The highest BCUT2D eigenvalue weighted by atomic mass is 35.5. The van der Waals surface area contributed by atoms with Crippen molar-refractivity contribution in [3.8, 4) is 5.75 Å². The van der Waals surface area contributed by atoms with E-state index >= 15 is 0 Å². The molecule has 0 heterocycles. The maximum absolute atomic E-state index is 12.8. The topological polar surface area (TPSA) is 38.3 Å². The number of rotatable bonds is 9. The van der Waals surface area contributed by atoms with Crippen molar-refractivity contribution in [1.82, 2.24) is 5.32 Å². The predicted molar refractivity (Wildman–Crippen MR) is 126 cm³/mol. The smallest absolute Gasteiger partial charge is 0.251 e. The summed E-state index contributed by atoms with van der Waals surface area (Å²) in [4.78, 5) is 13.9. The molecule has 0 fully saturated rings. The van der Waals surface area contributed by atoms with Crippen LogP contribution < -0.4 is 10.1 Å². The highest BCUT2D eigenvalue weighted by Gasteiger charge is 2.13. The maximum Gasteiger partial charge on any atom is 0.251 e. The highest BCUT2D eigenvalue weighted by Crippen LogP contribution is 2.29. The van der Waals surface area contributed by atoms with Gasteiger partial charge in [0.1, 0.15) is 5.75 Å². The van der Waals surface area contributed by atoms with E-state index in [1.165, 1.54) is 5.56 Å². The van der Waals surface area contributed by atoms with E-state index in [2.05, 4.69) is 17.4 Å². The van der Waals surface area contributed by atoms with Gasteiger partial charge in [-0.25, -0.2) is 0 Å². The second-order valence-electron chi connectivity index (χ2n) is 7.17. The number of carbonyl (C=O) groups is 1. The van der Waals surface area contributed by atoms with Crippen molar-refractivity contribution < 1.29 is 9.53 Å². The van der Waals surface area contributed by atoms with Crippen LogP contribution in [0.2, 0.25) is 5.02 Å². The number of benzene rings is 3. The number of nitrogens with one attached hydrogen (secondary N) is 1. The Labute approximate surface area is 187 Å². The number of ether oxygens (including phenoxy) is 1. The molecular weight excluding hydrogens is 414 g/mol. The van der Waals surface area contributed by atoms with E-state index < -0.39 is 0 Å². The average Bonchev–Trinajstić information content (AvgIpc) is 2.77. The molecule has 0 aliphatic rings. The summed E-state index contributed by atoms with van der Waals surface area (Å²) in [5, 5.41) is 3.83.